The van der Waals surface area contributed by atoms with Gasteiger partial charge in [0.15, 0.2) is 0 Å². The standard InChI is InChI=1S/C12H22O.ClH/c1-2-6-11(5-1)9-13-10-12-7-3-4-8-12;/h11-12H,1-10H2;1H. The zero-order chi connectivity index (χ0) is 8.93. The molecule has 2 aliphatic carbocycles. The minimum atomic E-state index is 0. The van der Waals surface area contributed by atoms with E-state index in [1.165, 1.54) is 51.4 Å². The summed E-state index contributed by atoms with van der Waals surface area (Å²) in [6.07, 6.45) is 11.5. The molecule has 0 unspecified atom stereocenters. The first-order valence-corrected chi connectivity index (χ1v) is 6.03. The summed E-state index contributed by atoms with van der Waals surface area (Å²) in [4.78, 5) is 0. The molecule has 0 aromatic heterocycles. The molecule has 0 atom stereocenters. The van der Waals surface area contributed by atoms with Crippen molar-refractivity contribution >= 4 is 0 Å². The lowest BCUT2D eigenvalue weighted by atomic mass is 10.1. The molecule has 0 saturated heterocycles. The molecule has 0 heterocycles. The Labute approximate surface area is 95.5 Å². The molecule has 2 saturated carbocycles. The first-order valence-electron chi connectivity index (χ1n) is 6.03. The topological polar surface area (TPSA) is 9.23 Å². The van der Waals surface area contributed by atoms with Gasteiger partial charge in [-0.1, -0.05) is 25.7 Å². The van der Waals surface area contributed by atoms with Crippen LogP contribution in [0.25, 0.3) is 0 Å². The van der Waals surface area contributed by atoms with Crippen molar-refractivity contribution in [2.24, 2.45) is 11.8 Å². The SMILES string of the molecule is C1CCC(COCC2CCCC2)C1.[Cl-].[H+]. The van der Waals surface area contributed by atoms with Crippen molar-refractivity contribution in [1.82, 2.24) is 0 Å². The molecular formula is C12H23ClO. The van der Waals surface area contributed by atoms with Gasteiger partial charge in [0.2, 0.25) is 0 Å². The minimum absolute atomic E-state index is 0. The Morgan fingerprint density at radius 1 is 0.786 bits per heavy atom. The average Bonchev–Trinajstić information content (AvgIpc) is 2.75. The molecule has 0 aromatic carbocycles. The van der Waals surface area contributed by atoms with Gasteiger partial charge in [0.05, 0.1) is 0 Å². The van der Waals surface area contributed by atoms with Crippen LogP contribution < -0.4 is 12.4 Å². The number of hydrogen-bond acceptors (Lipinski definition) is 1. The molecule has 0 radical (unpaired) electrons. The van der Waals surface area contributed by atoms with Crippen LogP contribution in [0.4, 0.5) is 0 Å². The molecule has 2 heteroatoms. The van der Waals surface area contributed by atoms with Gasteiger partial charge < -0.3 is 17.1 Å². The molecule has 0 amide bonds. The molecule has 0 N–H and O–H groups in total. The van der Waals surface area contributed by atoms with Crippen molar-refractivity contribution in [1.29, 1.82) is 0 Å². The Balaban J connectivity index is 0.000000980. The molecule has 2 aliphatic rings. The molecule has 0 aromatic rings. The lowest BCUT2D eigenvalue weighted by molar-refractivity contribution is -0.00000332. The fourth-order valence-corrected chi connectivity index (χ4v) is 2.76. The molecule has 84 valence electrons. The van der Waals surface area contributed by atoms with Crippen LogP contribution in [0.3, 0.4) is 0 Å². The van der Waals surface area contributed by atoms with Crippen LogP contribution in [0, 0.1) is 11.8 Å². The third-order valence-corrected chi connectivity index (χ3v) is 3.66. The molecule has 1 nitrogen and oxygen atoms in total. The Morgan fingerprint density at radius 2 is 1.14 bits per heavy atom. The van der Waals surface area contributed by atoms with Crippen molar-refractivity contribution in [3.05, 3.63) is 0 Å². The fourth-order valence-electron chi connectivity index (χ4n) is 2.76. The monoisotopic (exact) mass is 218 g/mol. The van der Waals surface area contributed by atoms with E-state index in [1.807, 2.05) is 0 Å². The van der Waals surface area contributed by atoms with Gasteiger partial charge in [0, 0.05) is 13.2 Å². The Morgan fingerprint density at radius 3 is 1.50 bits per heavy atom. The molecule has 0 aliphatic heterocycles. The van der Waals surface area contributed by atoms with Crippen LogP contribution >= 0.6 is 0 Å². The predicted molar refractivity (Wildman–Crippen MR) is 55.8 cm³/mol. The highest BCUT2D eigenvalue weighted by Gasteiger charge is 2.18. The van der Waals surface area contributed by atoms with Gasteiger partial charge >= 0.3 is 1.43 Å². The molecular weight excluding hydrogens is 196 g/mol. The maximum Gasteiger partial charge on any atom is 1.00 e. The Kier molecular flexibility index (Phi) is 5.88. The van der Waals surface area contributed by atoms with Gasteiger partial charge in [-0.3, -0.25) is 0 Å². The van der Waals surface area contributed by atoms with Crippen molar-refractivity contribution in [2.75, 3.05) is 13.2 Å². The number of ether oxygens (including phenoxy) is 1. The highest BCUT2D eigenvalue weighted by Crippen LogP contribution is 2.27. The van der Waals surface area contributed by atoms with E-state index in [2.05, 4.69) is 0 Å². The summed E-state index contributed by atoms with van der Waals surface area (Å²) < 4.78 is 5.80. The van der Waals surface area contributed by atoms with E-state index >= 15 is 0 Å². The van der Waals surface area contributed by atoms with E-state index in [0.29, 0.717) is 0 Å². The number of rotatable bonds is 4. The second kappa shape index (κ2) is 6.68. The summed E-state index contributed by atoms with van der Waals surface area (Å²) >= 11 is 0. The second-order valence-electron chi connectivity index (χ2n) is 4.84. The van der Waals surface area contributed by atoms with E-state index in [1.54, 1.807) is 0 Å². The largest absolute Gasteiger partial charge is 1.00 e. The maximum atomic E-state index is 5.80. The summed E-state index contributed by atoms with van der Waals surface area (Å²) in [5, 5.41) is 0. The van der Waals surface area contributed by atoms with Crippen molar-refractivity contribution in [3.63, 3.8) is 0 Å². The first-order chi connectivity index (χ1) is 6.45. The van der Waals surface area contributed by atoms with Crippen LogP contribution in [-0.2, 0) is 4.74 Å². The normalized spacial score (nSPS) is 24.0. The van der Waals surface area contributed by atoms with E-state index in [4.69, 9.17) is 4.74 Å². The predicted octanol–water partition coefficient (Wildman–Crippen LogP) is 0.500. The third-order valence-electron chi connectivity index (χ3n) is 3.66. The van der Waals surface area contributed by atoms with Crippen LogP contribution in [-0.4, -0.2) is 13.2 Å². The quantitative estimate of drug-likeness (QED) is 0.668. The average molecular weight is 219 g/mol. The van der Waals surface area contributed by atoms with Gasteiger partial charge in [-0.25, -0.2) is 0 Å². The van der Waals surface area contributed by atoms with Crippen molar-refractivity contribution in [2.45, 2.75) is 51.4 Å². The maximum absolute atomic E-state index is 5.80. The van der Waals surface area contributed by atoms with Crippen LogP contribution in [0.2, 0.25) is 0 Å². The van der Waals surface area contributed by atoms with E-state index in [9.17, 15) is 0 Å². The Hall–Kier alpha value is 0.250. The van der Waals surface area contributed by atoms with Gasteiger partial charge in [-0.05, 0) is 37.5 Å². The minimum Gasteiger partial charge on any atom is -1.00 e. The number of halogens is 1. The summed E-state index contributed by atoms with van der Waals surface area (Å²) in [6, 6.07) is 0. The highest BCUT2D eigenvalue weighted by atomic mass is 35.5. The van der Waals surface area contributed by atoms with E-state index in [0.717, 1.165) is 25.0 Å². The second-order valence-corrected chi connectivity index (χ2v) is 4.84. The number of hydrogen-bond donors (Lipinski definition) is 0. The zero-order valence-electron chi connectivity index (χ0n) is 10.0. The fraction of sp³-hybridized carbons (Fsp3) is 1.00. The van der Waals surface area contributed by atoms with Crippen LogP contribution in [0.1, 0.15) is 52.8 Å². The van der Waals surface area contributed by atoms with Crippen LogP contribution in [0.15, 0.2) is 0 Å². The van der Waals surface area contributed by atoms with Crippen molar-refractivity contribution < 1.29 is 18.6 Å². The molecule has 2 fully saturated rings. The molecule has 0 spiro atoms. The van der Waals surface area contributed by atoms with E-state index in [-0.39, 0.29) is 13.8 Å². The smallest absolute Gasteiger partial charge is 1.00 e. The first kappa shape index (κ1) is 12.3. The lowest BCUT2D eigenvalue weighted by Gasteiger charge is -2.13. The van der Waals surface area contributed by atoms with Crippen molar-refractivity contribution in [3.8, 4) is 0 Å². The summed E-state index contributed by atoms with van der Waals surface area (Å²) in [7, 11) is 0. The van der Waals surface area contributed by atoms with Crippen LogP contribution in [0.5, 0.6) is 0 Å². The van der Waals surface area contributed by atoms with E-state index < -0.39 is 0 Å². The van der Waals surface area contributed by atoms with Gasteiger partial charge in [0.25, 0.3) is 0 Å². The molecule has 14 heavy (non-hydrogen) atoms. The summed E-state index contributed by atoms with van der Waals surface area (Å²) in [5.74, 6) is 1.81. The Bertz CT molecular complexity index is 127. The summed E-state index contributed by atoms with van der Waals surface area (Å²) in [6.45, 7) is 2.10. The molecule has 2 rings (SSSR count). The van der Waals surface area contributed by atoms with Gasteiger partial charge in [-0.15, -0.1) is 0 Å². The zero-order valence-corrected chi connectivity index (χ0v) is 9.77. The van der Waals surface area contributed by atoms with Gasteiger partial charge in [0.1, 0.15) is 0 Å². The summed E-state index contributed by atoms with van der Waals surface area (Å²) in [5.41, 5.74) is 0. The molecule has 0 bridgehead atoms. The lowest BCUT2D eigenvalue weighted by Crippen LogP contribution is -3.00. The van der Waals surface area contributed by atoms with Gasteiger partial charge in [-0.2, -0.15) is 0 Å². The highest BCUT2D eigenvalue weighted by molar-refractivity contribution is 4.69. The third kappa shape index (κ3) is 3.78.